The van der Waals surface area contributed by atoms with Gasteiger partial charge >= 0.3 is 0 Å². The Morgan fingerprint density at radius 1 is 1.50 bits per heavy atom. The molecule has 0 atom stereocenters. The van der Waals surface area contributed by atoms with Crippen molar-refractivity contribution in [1.82, 2.24) is 5.43 Å². The third-order valence-corrected chi connectivity index (χ3v) is 1.18. The zero-order valence-corrected chi connectivity index (χ0v) is 5.10. The number of carbonyl (C=O) groups excluding carboxylic acids is 1. The number of amides is 1. The zero-order chi connectivity index (χ0) is 7.56. The van der Waals surface area contributed by atoms with Crippen LogP contribution >= 0.6 is 0 Å². The number of hydrogen-bond acceptors (Lipinski definition) is 2. The van der Waals surface area contributed by atoms with Crippen molar-refractivity contribution in [2.24, 2.45) is 5.10 Å². The topological polar surface area (TPSA) is 41.5 Å². The lowest BCUT2D eigenvalue weighted by atomic mass is 10.2. The van der Waals surface area contributed by atoms with E-state index in [0.717, 1.165) is 0 Å². The number of hydrazone groups is 1. The maximum absolute atomic E-state index is 11.8. The van der Waals surface area contributed by atoms with Gasteiger partial charge in [-0.2, -0.15) is 5.10 Å². The van der Waals surface area contributed by atoms with E-state index in [0.29, 0.717) is 0 Å². The number of rotatable bonds is 1. The third kappa shape index (κ3) is 1.49. The molecule has 0 radical (unpaired) electrons. The molecule has 1 aliphatic rings. The van der Waals surface area contributed by atoms with Crippen LogP contribution in [0.4, 0.5) is 8.78 Å². The van der Waals surface area contributed by atoms with Crippen LogP contribution in [0.3, 0.4) is 0 Å². The first-order valence-electron chi connectivity index (χ1n) is 2.83. The number of carbonyl (C=O) groups is 1. The van der Waals surface area contributed by atoms with E-state index in [1.54, 1.807) is 0 Å². The normalized spacial score (nSPS) is 18.7. The minimum absolute atomic E-state index is 0.0729. The summed E-state index contributed by atoms with van der Waals surface area (Å²) >= 11 is 0. The quantitative estimate of drug-likeness (QED) is 0.578. The Bertz CT molecular complexity index is 178. The Labute approximate surface area is 56.1 Å². The van der Waals surface area contributed by atoms with Gasteiger partial charge in [0.2, 0.25) is 5.91 Å². The summed E-state index contributed by atoms with van der Waals surface area (Å²) in [4.78, 5) is 10.4. The lowest BCUT2D eigenvalue weighted by Gasteiger charge is -2.09. The summed E-state index contributed by atoms with van der Waals surface area (Å²) < 4.78 is 23.5. The van der Waals surface area contributed by atoms with Gasteiger partial charge in [-0.25, -0.2) is 14.2 Å². The molecule has 56 valence electrons. The molecule has 1 heterocycles. The number of halogens is 2. The molecular formula is C5H6F2N2O. The predicted molar refractivity (Wildman–Crippen MR) is 30.8 cm³/mol. The molecular weight excluding hydrogens is 142 g/mol. The fourth-order valence-corrected chi connectivity index (χ4v) is 0.645. The second-order valence-corrected chi connectivity index (χ2v) is 1.94. The highest BCUT2D eigenvalue weighted by Crippen LogP contribution is 2.06. The minimum atomic E-state index is -2.54. The van der Waals surface area contributed by atoms with E-state index in [-0.39, 0.29) is 24.5 Å². The number of alkyl halides is 2. The van der Waals surface area contributed by atoms with Crippen LogP contribution in [0.25, 0.3) is 0 Å². The van der Waals surface area contributed by atoms with E-state index in [9.17, 15) is 13.6 Å². The molecule has 10 heavy (non-hydrogen) atoms. The molecule has 3 nitrogen and oxygen atoms in total. The van der Waals surface area contributed by atoms with Crippen LogP contribution in [0.1, 0.15) is 12.8 Å². The first kappa shape index (κ1) is 7.11. The van der Waals surface area contributed by atoms with Gasteiger partial charge in [0, 0.05) is 12.8 Å². The highest BCUT2D eigenvalue weighted by molar-refractivity contribution is 5.94. The highest BCUT2D eigenvalue weighted by atomic mass is 19.3. The molecule has 5 heteroatoms. The smallest absolute Gasteiger partial charge is 0.273 e. The molecule has 1 N–H and O–H groups in total. The van der Waals surface area contributed by atoms with E-state index in [1.807, 2.05) is 5.43 Å². The Morgan fingerprint density at radius 3 is 2.60 bits per heavy atom. The molecule has 1 aliphatic heterocycles. The van der Waals surface area contributed by atoms with Gasteiger partial charge in [-0.15, -0.1) is 0 Å². The van der Waals surface area contributed by atoms with Crippen molar-refractivity contribution in [3.8, 4) is 0 Å². The SMILES string of the molecule is O=C1CCC(C(F)F)=NN1. The molecule has 0 saturated carbocycles. The van der Waals surface area contributed by atoms with Crippen LogP contribution in [0.2, 0.25) is 0 Å². The summed E-state index contributed by atoms with van der Waals surface area (Å²) in [5.41, 5.74) is 1.75. The van der Waals surface area contributed by atoms with Crippen LogP contribution < -0.4 is 5.43 Å². The van der Waals surface area contributed by atoms with Gasteiger partial charge in [0.25, 0.3) is 6.43 Å². The predicted octanol–water partition coefficient (Wildman–Crippen LogP) is 0.518. The van der Waals surface area contributed by atoms with E-state index in [1.165, 1.54) is 0 Å². The van der Waals surface area contributed by atoms with Crippen molar-refractivity contribution in [2.75, 3.05) is 0 Å². The molecule has 1 rings (SSSR count). The summed E-state index contributed by atoms with van der Waals surface area (Å²) in [7, 11) is 0. The maximum Gasteiger partial charge on any atom is 0.278 e. The van der Waals surface area contributed by atoms with Crippen molar-refractivity contribution in [3.63, 3.8) is 0 Å². The van der Waals surface area contributed by atoms with Crippen LogP contribution in [0.5, 0.6) is 0 Å². The highest BCUT2D eigenvalue weighted by Gasteiger charge is 2.18. The van der Waals surface area contributed by atoms with Crippen LogP contribution in [-0.2, 0) is 4.79 Å². The Hall–Kier alpha value is -1.00. The van der Waals surface area contributed by atoms with Gasteiger partial charge < -0.3 is 0 Å². The summed E-state index contributed by atoms with van der Waals surface area (Å²) in [5.74, 6) is -0.301. The van der Waals surface area contributed by atoms with Gasteiger partial charge in [0.05, 0.1) is 0 Å². The summed E-state index contributed by atoms with van der Waals surface area (Å²) in [6.07, 6.45) is -2.35. The molecule has 0 aromatic rings. The zero-order valence-electron chi connectivity index (χ0n) is 5.10. The van der Waals surface area contributed by atoms with Crippen LogP contribution in [-0.4, -0.2) is 18.0 Å². The molecule has 0 spiro atoms. The monoisotopic (exact) mass is 148 g/mol. The van der Waals surface area contributed by atoms with Crippen molar-refractivity contribution < 1.29 is 13.6 Å². The average molecular weight is 148 g/mol. The second kappa shape index (κ2) is 2.72. The van der Waals surface area contributed by atoms with Crippen molar-refractivity contribution in [1.29, 1.82) is 0 Å². The molecule has 0 fully saturated rings. The summed E-state index contributed by atoms with van der Waals surface area (Å²) in [6, 6.07) is 0. The molecule has 0 aliphatic carbocycles. The first-order valence-corrected chi connectivity index (χ1v) is 2.83. The number of hydrogen-bond donors (Lipinski definition) is 1. The van der Waals surface area contributed by atoms with Gasteiger partial charge in [0.15, 0.2) is 0 Å². The first-order chi connectivity index (χ1) is 4.70. The lowest BCUT2D eigenvalue weighted by Crippen LogP contribution is -2.28. The van der Waals surface area contributed by atoms with Crippen LogP contribution in [0.15, 0.2) is 5.10 Å². The van der Waals surface area contributed by atoms with Crippen LogP contribution in [0, 0.1) is 0 Å². The lowest BCUT2D eigenvalue weighted by molar-refractivity contribution is -0.121. The Balaban J connectivity index is 2.56. The summed E-state index contributed by atoms with van der Waals surface area (Å²) in [6.45, 7) is 0. The van der Waals surface area contributed by atoms with E-state index < -0.39 is 6.43 Å². The van der Waals surface area contributed by atoms with Gasteiger partial charge in [0.1, 0.15) is 5.71 Å². The second-order valence-electron chi connectivity index (χ2n) is 1.94. The molecule has 0 saturated heterocycles. The number of nitrogens with one attached hydrogen (secondary N) is 1. The van der Waals surface area contributed by atoms with E-state index in [2.05, 4.69) is 5.10 Å². The molecule has 0 aromatic heterocycles. The fraction of sp³-hybridized carbons (Fsp3) is 0.600. The van der Waals surface area contributed by atoms with Crippen molar-refractivity contribution >= 4 is 11.6 Å². The largest absolute Gasteiger partial charge is 0.278 e. The van der Waals surface area contributed by atoms with Gasteiger partial charge in [-0.05, 0) is 0 Å². The maximum atomic E-state index is 11.8. The van der Waals surface area contributed by atoms with E-state index in [4.69, 9.17) is 0 Å². The molecule has 0 bridgehead atoms. The molecule has 0 unspecified atom stereocenters. The molecule has 0 aromatic carbocycles. The van der Waals surface area contributed by atoms with Gasteiger partial charge in [-0.3, -0.25) is 4.79 Å². The summed E-state index contributed by atoms with van der Waals surface area (Å²) in [5, 5.41) is 3.18. The van der Waals surface area contributed by atoms with Crippen molar-refractivity contribution in [2.45, 2.75) is 19.3 Å². The third-order valence-electron chi connectivity index (χ3n) is 1.18. The Morgan fingerprint density at radius 2 is 2.20 bits per heavy atom. The molecule has 1 amide bonds. The average Bonchev–Trinajstić information content (AvgIpc) is 1.88. The minimum Gasteiger partial charge on any atom is -0.273 e. The van der Waals surface area contributed by atoms with Gasteiger partial charge in [-0.1, -0.05) is 0 Å². The van der Waals surface area contributed by atoms with E-state index >= 15 is 0 Å². The fourth-order valence-electron chi connectivity index (χ4n) is 0.645. The number of nitrogens with zero attached hydrogens (tertiary/aromatic N) is 1. The Kier molecular flexibility index (Phi) is 1.94. The van der Waals surface area contributed by atoms with Crippen molar-refractivity contribution in [3.05, 3.63) is 0 Å². The standard InChI is InChI=1S/C5H6F2N2O/c6-5(7)3-1-2-4(10)9-8-3/h5H,1-2H2,(H,9,10).